The minimum Gasteiger partial charge on any atom is -0.475 e. The summed E-state index contributed by atoms with van der Waals surface area (Å²) in [6.45, 7) is 1.84. The molecule has 3 aliphatic rings. The fraction of sp³-hybridized carbons (Fsp3) is 0.769. The Hall–Kier alpha value is -1.84. The highest BCUT2D eigenvalue weighted by Gasteiger charge is 2.42. The Morgan fingerprint density at radius 3 is 2.52 bits per heavy atom. The average Bonchev–Trinajstić information content (AvgIpc) is 3.20. The number of carboxylic acids is 1. The van der Waals surface area contributed by atoms with Gasteiger partial charge in [0.25, 0.3) is 5.91 Å². The molecule has 0 radical (unpaired) electrons. The molecule has 2 aliphatic heterocycles. The highest BCUT2D eigenvalue weighted by Crippen LogP contribution is 2.30. The summed E-state index contributed by atoms with van der Waals surface area (Å²) in [7, 11) is 0. The van der Waals surface area contributed by atoms with Gasteiger partial charge in [-0.05, 0) is 32.2 Å². The number of halogens is 3. The van der Waals surface area contributed by atoms with E-state index in [0.29, 0.717) is 18.2 Å². The molecule has 3 rings (SSSR count). The van der Waals surface area contributed by atoms with Gasteiger partial charge in [0.1, 0.15) is 5.71 Å². The van der Waals surface area contributed by atoms with Crippen molar-refractivity contribution in [3.63, 3.8) is 0 Å². The third-order valence-corrected chi connectivity index (χ3v) is 3.69. The van der Waals surface area contributed by atoms with Gasteiger partial charge in [0, 0.05) is 19.0 Å². The zero-order valence-corrected chi connectivity index (χ0v) is 12.3. The molecule has 2 fully saturated rings. The van der Waals surface area contributed by atoms with Crippen molar-refractivity contribution in [2.75, 3.05) is 13.1 Å². The molecule has 1 unspecified atom stereocenters. The second-order valence-corrected chi connectivity index (χ2v) is 5.82. The smallest absolute Gasteiger partial charge is 0.475 e. The number of carbonyl (C=O) groups excluding carboxylic acids is 1. The highest BCUT2D eigenvalue weighted by molar-refractivity contribution is 6.39. The second kappa shape index (κ2) is 6.73. The predicted molar refractivity (Wildman–Crippen MR) is 72.8 cm³/mol. The lowest BCUT2D eigenvalue weighted by Crippen LogP contribution is -2.46. The summed E-state index contributed by atoms with van der Waals surface area (Å²) in [5, 5.41) is 17.3. The van der Waals surface area contributed by atoms with Gasteiger partial charge in [0.2, 0.25) is 0 Å². The van der Waals surface area contributed by atoms with E-state index in [1.807, 2.05) is 0 Å². The lowest BCUT2D eigenvalue weighted by Gasteiger charge is -2.30. The first-order valence-corrected chi connectivity index (χ1v) is 7.29. The van der Waals surface area contributed by atoms with Gasteiger partial charge in [-0.1, -0.05) is 5.16 Å². The number of piperidine rings is 1. The monoisotopic (exact) mass is 337 g/mol. The molecule has 0 aromatic rings. The maximum atomic E-state index is 11.8. The molecule has 1 aliphatic carbocycles. The molecule has 1 saturated heterocycles. The van der Waals surface area contributed by atoms with Crippen LogP contribution in [0.1, 0.15) is 32.1 Å². The zero-order valence-electron chi connectivity index (χ0n) is 12.3. The molecule has 0 aromatic heterocycles. The lowest BCUT2D eigenvalue weighted by atomic mass is 9.89. The van der Waals surface area contributed by atoms with Crippen molar-refractivity contribution in [1.82, 2.24) is 10.6 Å². The van der Waals surface area contributed by atoms with Crippen molar-refractivity contribution in [3.8, 4) is 0 Å². The number of aliphatic carboxylic acids is 1. The molecule has 1 amide bonds. The highest BCUT2D eigenvalue weighted by atomic mass is 19.4. The summed E-state index contributed by atoms with van der Waals surface area (Å²) in [5.41, 5.74) is 0.324. The van der Waals surface area contributed by atoms with Gasteiger partial charge in [-0.25, -0.2) is 4.79 Å². The molecule has 1 spiro atoms. The van der Waals surface area contributed by atoms with Gasteiger partial charge in [-0.2, -0.15) is 13.2 Å². The Labute approximate surface area is 130 Å². The number of hydrogen-bond donors (Lipinski definition) is 3. The van der Waals surface area contributed by atoms with Crippen LogP contribution in [-0.4, -0.2) is 53.6 Å². The molecule has 130 valence electrons. The molecule has 1 saturated carbocycles. The minimum atomic E-state index is -5.08. The Morgan fingerprint density at radius 1 is 1.39 bits per heavy atom. The quantitative estimate of drug-likeness (QED) is 0.692. The minimum absolute atomic E-state index is 0.0371. The molecule has 2 heterocycles. The van der Waals surface area contributed by atoms with E-state index in [-0.39, 0.29) is 11.5 Å². The third-order valence-electron chi connectivity index (χ3n) is 3.69. The van der Waals surface area contributed by atoms with Crippen molar-refractivity contribution in [1.29, 1.82) is 0 Å². The van der Waals surface area contributed by atoms with Crippen molar-refractivity contribution < 1.29 is 32.7 Å². The van der Waals surface area contributed by atoms with Gasteiger partial charge in [0.15, 0.2) is 5.60 Å². The van der Waals surface area contributed by atoms with Crippen molar-refractivity contribution >= 4 is 17.6 Å². The summed E-state index contributed by atoms with van der Waals surface area (Å²) >= 11 is 0. The number of rotatable bonds is 2. The number of carbonyl (C=O) groups is 2. The van der Waals surface area contributed by atoms with Crippen LogP contribution >= 0.6 is 0 Å². The van der Waals surface area contributed by atoms with Crippen LogP contribution in [0.15, 0.2) is 5.16 Å². The van der Waals surface area contributed by atoms with Crippen LogP contribution in [0.25, 0.3) is 0 Å². The third kappa shape index (κ3) is 5.08. The number of alkyl halides is 3. The van der Waals surface area contributed by atoms with Crippen LogP contribution in [0.3, 0.4) is 0 Å². The van der Waals surface area contributed by atoms with E-state index in [1.165, 1.54) is 0 Å². The van der Waals surface area contributed by atoms with Crippen molar-refractivity contribution in [3.05, 3.63) is 0 Å². The molecule has 3 N–H and O–H groups in total. The number of amides is 1. The summed E-state index contributed by atoms with van der Waals surface area (Å²) < 4.78 is 31.7. The topological polar surface area (TPSA) is 100 Å². The van der Waals surface area contributed by atoms with Crippen LogP contribution in [-0.2, 0) is 14.4 Å². The number of nitrogens with zero attached hydrogens (tertiary/aromatic N) is 1. The maximum Gasteiger partial charge on any atom is 0.490 e. The van der Waals surface area contributed by atoms with Gasteiger partial charge in [0.05, 0.1) is 0 Å². The summed E-state index contributed by atoms with van der Waals surface area (Å²) in [6.07, 6.45) is -0.144. The molecular weight excluding hydrogens is 319 g/mol. The first-order valence-electron chi connectivity index (χ1n) is 7.29. The second-order valence-electron chi connectivity index (χ2n) is 5.82. The molecule has 10 heteroatoms. The normalized spacial score (nSPS) is 26.7. The van der Waals surface area contributed by atoms with Gasteiger partial charge < -0.3 is 20.6 Å². The number of hydrogen-bond acceptors (Lipinski definition) is 5. The zero-order chi connectivity index (χ0) is 17.1. The van der Waals surface area contributed by atoms with Gasteiger partial charge >= 0.3 is 12.1 Å². The Kier molecular flexibility index (Phi) is 5.12. The van der Waals surface area contributed by atoms with E-state index in [1.54, 1.807) is 0 Å². The summed E-state index contributed by atoms with van der Waals surface area (Å²) in [6, 6.07) is 0.385. The largest absolute Gasteiger partial charge is 0.490 e. The van der Waals surface area contributed by atoms with E-state index >= 15 is 0 Å². The Bertz CT molecular complexity index is 497. The van der Waals surface area contributed by atoms with E-state index in [4.69, 9.17) is 14.7 Å². The fourth-order valence-corrected chi connectivity index (χ4v) is 2.31. The van der Waals surface area contributed by atoms with Gasteiger partial charge in [-0.15, -0.1) is 0 Å². The predicted octanol–water partition coefficient (Wildman–Crippen LogP) is 0.797. The average molecular weight is 337 g/mol. The van der Waals surface area contributed by atoms with E-state index in [9.17, 15) is 18.0 Å². The van der Waals surface area contributed by atoms with E-state index in [0.717, 1.165) is 38.8 Å². The summed E-state index contributed by atoms with van der Waals surface area (Å²) in [5.74, 6) is -2.79. The molecule has 0 bridgehead atoms. The molecule has 1 atom stereocenters. The maximum absolute atomic E-state index is 11.8. The van der Waals surface area contributed by atoms with Gasteiger partial charge in [-0.3, -0.25) is 4.79 Å². The number of oxime groups is 1. The van der Waals surface area contributed by atoms with E-state index in [2.05, 4.69) is 15.8 Å². The van der Waals surface area contributed by atoms with Crippen molar-refractivity contribution in [2.24, 2.45) is 5.16 Å². The molecule has 23 heavy (non-hydrogen) atoms. The number of nitrogens with one attached hydrogen (secondary N) is 2. The molecule has 0 aromatic carbocycles. The standard InChI is InChI=1S/C11H17N3O2.C2HF3O2/c15-10(13-8-2-3-8)9-6-11(16-14-9)4-1-5-12-7-11;3-2(4,5)1(6)7/h8,12H,1-7H2,(H,13,15);(H,6,7). The van der Waals surface area contributed by atoms with Crippen LogP contribution < -0.4 is 10.6 Å². The first-order chi connectivity index (χ1) is 10.7. The summed E-state index contributed by atoms with van der Waals surface area (Å²) in [4.78, 5) is 26.2. The van der Waals surface area contributed by atoms with Crippen molar-refractivity contribution in [2.45, 2.75) is 49.9 Å². The molecular formula is C13H18F3N3O4. The fourth-order valence-electron chi connectivity index (χ4n) is 2.31. The van der Waals surface area contributed by atoms with E-state index < -0.39 is 12.1 Å². The van der Waals surface area contributed by atoms with Crippen LogP contribution in [0, 0.1) is 0 Å². The van der Waals surface area contributed by atoms with Crippen LogP contribution in [0.5, 0.6) is 0 Å². The SMILES string of the molecule is O=C(NC1CC1)C1=NOC2(CCCNC2)C1.O=C(O)C(F)(F)F. The molecule has 7 nitrogen and oxygen atoms in total. The van der Waals surface area contributed by atoms with Crippen LogP contribution in [0.2, 0.25) is 0 Å². The van der Waals surface area contributed by atoms with Crippen LogP contribution in [0.4, 0.5) is 13.2 Å². The Morgan fingerprint density at radius 2 is 2.04 bits per heavy atom. The number of carboxylic acid groups (broad SMARTS) is 1. The lowest BCUT2D eigenvalue weighted by molar-refractivity contribution is -0.192. The Balaban J connectivity index is 0.000000236. The first kappa shape index (κ1) is 17.5.